The Morgan fingerprint density at radius 1 is 0.950 bits per heavy atom. The molecule has 0 fully saturated rings. The number of hydrogen-bond acceptors (Lipinski definition) is 2. The summed E-state index contributed by atoms with van der Waals surface area (Å²) < 4.78 is 9.51. The van der Waals surface area contributed by atoms with Gasteiger partial charge < -0.3 is 5.11 Å². The summed E-state index contributed by atoms with van der Waals surface area (Å²) in [6.07, 6.45) is 0. The third kappa shape index (κ3) is 8.42. The van der Waals surface area contributed by atoms with E-state index in [1.165, 1.54) is 5.56 Å². The lowest BCUT2D eigenvalue weighted by Gasteiger charge is -2.25. The Hall–Kier alpha value is 0.120. The highest BCUT2D eigenvalue weighted by Crippen LogP contribution is 2.61. The summed E-state index contributed by atoms with van der Waals surface area (Å²) in [5.74, 6) is 0.399. The van der Waals surface area contributed by atoms with Crippen molar-refractivity contribution in [1.29, 1.82) is 0 Å². The van der Waals surface area contributed by atoms with Crippen molar-refractivity contribution in [3.05, 3.63) is 29.3 Å². The summed E-state index contributed by atoms with van der Waals surface area (Å²) in [6, 6.07) is 5.93. The maximum absolute atomic E-state index is 9.84. The summed E-state index contributed by atoms with van der Waals surface area (Å²) >= 11 is 13.8. The van der Waals surface area contributed by atoms with Crippen LogP contribution in [-0.4, -0.2) is 5.11 Å². The number of phenols is 1. The topological polar surface area (TPSA) is 37.3 Å². The minimum Gasteiger partial charge on any atom is -0.508 e. The normalized spacial score (nSPS) is 12.7. The Bertz CT molecular complexity index is 488. The highest BCUT2D eigenvalue weighted by atomic mass is 36.0. The minimum atomic E-state index is -3.22. The van der Waals surface area contributed by atoms with Crippen molar-refractivity contribution in [2.75, 3.05) is 0 Å². The second kappa shape index (κ2) is 6.92. The molecule has 2 nitrogen and oxygen atoms in total. The van der Waals surface area contributed by atoms with E-state index in [1.54, 1.807) is 6.07 Å². The molecule has 1 rings (SSSR count). The highest BCUT2D eigenvalue weighted by Gasteiger charge is 2.21. The molecular weight excluding hydrogens is 337 g/mol. The molecule has 116 valence electrons. The van der Waals surface area contributed by atoms with Crippen molar-refractivity contribution in [2.24, 2.45) is 0 Å². The molecule has 0 bridgehead atoms. The predicted molar refractivity (Wildman–Crippen MR) is 90.7 cm³/mol. The van der Waals surface area contributed by atoms with E-state index in [1.807, 2.05) is 6.07 Å². The third-order valence-corrected chi connectivity index (χ3v) is 2.67. The van der Waals surface area contributed by atoms with Crippen LogP contribution in [0.3, 0.4) is 0 Å². The molecule has 0 spiro atoms. The first-order valence-electron chi connectivity index (χ1n) is 6.15. The summed E-state index contributed by atoms with van der Waals surface area (Å²) in [5.41, 5.74) is 2.42. The van der Waals surface area contributed by atoms with Crippen molar-refractivity contribution in [1.82, 2.24) is 0 Å². The lowest BCUT2D eigenvalue weighted by molar-refractivity contribution is 0.444. The quantitative estimate of drug-likeness (QED) is 0.517. The maximum Gasteiger partial charge on any atom is 0.339 e. The van der Waals surface area contributed by atoms with Crippen LogP contribution in [0, 0.1) is 0 Å². The van der Waals surface area contributed by atoms with Gasteiger partial charge in [0.05, 0.1) is 0 Å². The van der Waals surface area contributed by atoms with Crippen molar-refractivity contribution in [3.63, 3.8) is 0 Å². The van der Waals surface area contributed by atoms with Crippen molar-refractivity contribution in [3.8, 4) is 5.75 Å². The molecule has 0 aliphatic heterocycles. The van der Waals surface area contributed by atoms with E-state index in [9.17, 15) is 9.67 Å². The van der Waals surface area contributed by atoms with Gasteiger partial charge >= 0.3 is 5.20 Å². The summed E-state index contributed by atoms with van der Waals surface area (Å²) in [6.45, 7) is 12.9. The zero-order valence-electron chi connectivity index (χ0n) is 12.7. The van der Waals surface area contributed by atoms with Crippen LogP contribution in [0.2, 0.25) is 0 Å². The molecule has 0 atom stereocenters. The Kier molecular flexibility index (Phi) is 6.96. The SMILES string of the molecule is CC(C)(C)c1ccc(O)c(C(C)(C)C)c1.O=P(Cl)(Cl)Cl. The maximum atomic E-state index is 9.84. The first-order chi connectivity index (χ1) is 8.62. The van der Waals surface area contributed by atoms with Crippen LogP contribution >= 0.6 is 38.9 Å². The Morgan fingerprint density at radius 3 is 1.65 bits per heavy atom. The highest BCUT2D eigenvalue weighted by molar-refractivity contribution is 8.24. The van der Waals surface area contributed by atoms with Gasteiger partial charge in [-0.1, -0.05) is 53.7 Å². The Morgan fingerprint density at radius 2 is 1.35 bits per heavy atom. The zero-order chi connectivity index (χ0) is 16.4. The Balaban J connectivity index is 0.000000621. The lowest BCUT2D eigenvalue weighted by Crippen LogP contribution is -2.16. The standard InChI is InChI=1S/C14H22O.Cl3OP/c1-13(2,3)10-7-8-12(15)11(9-10)14(4,5)6;1-5(2,3)4/h7-9,15H,1-6H3;. The van der Waals surface area contributed by atoms with E-state index < -0.39 is 5.20 Å². The summed E-state index contributed by atoms with van der Waals surface area (Å²) in [4.78, 5) is 0. The van der Waals surface area contributed by atoms with Crippen LogP contribution in [0.4, 0.5) is 0 Å². The van der Waals surface area contributed by atoms with Crippen LogP contribution in [0.1, 0.15) is 52.7 Å². The molecule has 0 heterocycles. The van der Waals surface area contributed by atoms with Crippen molar-refractivity contribution >= 4 is 38.9 Å². The van der Waals surface area contributed by atoms with Gasteiger partial charge in [-0.25, -0.2) is 0 Å². The summed E-state index contributed by atoms with van der Waals surface area (Å²) in [5, 5.41) is 6.61. The van der Waals surface area contributed by atoms with E-state index in [4.69, 9.17) is 0 Å². The first kappa shape index (κ1) is 20.1. The predicted octanol–water partition coefficient (Wildman–Crippen LogP) is 6.80. The first-order valence-corrected chi connectivity index (χ1v) is 10.6. The van der Waals surface area contributed by atoms with E-state index in [0.29, 0.717) is 5.75 Å². The molecule has 20 heavy (non-hydrogen) atoms. The van der Waals surface area contributed by atoms with E-state index >= 15 is 0 Å². The average Bonchev–Trinajstić information content (AvgIpc) is 2.11. The van der Waals surface area contributed by atoms with E-state index in [-0.39, 0.29) is 10.8 Å². The number of hydrogen-bond donors (Lipinski definition) is 1. The van der Waals surface area contributed by atoms with Crippen LogP contribution in [0.5, 0.6) is 5.75 Å². The fourth-order valence-corrected chi connectivity index (χ4v) is 1.60. The molecule has 0 saturated heterocycles. The van der Waals surface area contributed by atoms with Gasteiger partial charge in [0, 0.05) is 0 Å². The van der Waals surface area contributed by atoms with E-state index in [0.717, 1.165) is 5.56 Å². The minimum absolute atomic E-state index is 0.00859. The average molecular weight is 360 g/mol. The van der Waals surface area contributed by atoms with Crippen LogP contribution in [0.25, 0.3) is 0 Å². The van der Waals surface area contributed by atoms with Gasteiger partial charge in [-0.15, -0.1) is 0 Å². The molecule has 0 saturated carbocycles. The van der Waals surface area contributed by atoms with Crippen LogP contribution in [0.15, 0.2) is 18.2 Å². The van der Waals surface area contributed by atoms with Gasteiger partial charge in [-0.2, -0.15) is 0 Å². The second-order valence-corrected chi connectivity index (χ2v) is 13.3. The second-order valence-electron chi connectivity index (χ2n) is 6.63. The van der Waals surface area contributed by atoms with Gasteiger partial charge in [0.15, 0.2) is 0 Å². The van der Waals surface area contributed by atoms with Gasteiger partial charge in [-0.05, 0) is 61.7 Å². The van der Waals surface area contributed by atoms with Gasteiger partial charge in [0.25, 0.3) is 0 Å². The molecule has 0 aliphatic rings. The molecule has 0 aliphatic carbocycles. The number of aromatic hydroxyl groups is 1. The van der Waals surface area contributed by atoms with Crippen LogP contribution < -0.4 is 0 Å². The Labute approximate surface area is 136 Å². The summed E-state index contributed by atoms with van der Waals surface area (Å²) in [7, 11) is 0. The zero-order valence-corrected chi connectivity index (χ0v) is 15.8. The number of phenolic OH excluding ortho intramolecular Hbond substituents is 1. The molecular formula is C14H22Cl3O2P. The molecule has 0 radical (unpaired) electrons. The molecule has 1 aromatic rings. The van der Waals surface area contributed by atoms with Crippen molar-refractivity contribution < 1.29 is 9.67 Å². The number of rotatable bonds is 0. The fraction of sp³-hybridized carbons (Fsp3) is 0.571. The van der Waals surface area contributed by atoms with Gasteiger partial charge in [0.1, 0.15) is 5.75 Å². The van der Waals surface area contributed by atoms with Gasteiger partial charge in [0.2, 0.25) is 0 Å². The molecule has 0 unspecified atom stereocenters. The monoisotopic (exact) mass is 358 g/mol. The lowest BCUT2D eigenvalue weighted by atomic mass is 9.80. The molecule has 1 N–H and O–H groups in total. The molecule has 1 aromatic carbocycles. The fourth-order valence-electron chi connectivity index (χ4n) is 1.60. The van der Waals surface area contributed by atoms with Crippen LogP contribution in [-0.2, 0) is 15.4 Å². The third-order valence-electron chi connectivity index (χ3n) is 2.67. The number of benzene rings is 1. The largest absolute Gasteiger partial charge is 0.508 e. The van der Waals surface area contributed by atoms with E-state index in [2.05, 4.69) is 81.3 Å². The number of halogens is 3. The van der Waals surface area contributed by atoms with Gasteiger partial charge in [-0.3, -0.25) is 4.57 Å². The molecule has 0 amide bonds. The molecule has 0 aromatic heterocycles. The van der Waals surface area contributed by atoms with Crippen molar-refractivity contribution in [2.45, 2.75) is 52.4 Å². The molecule has 6 heteroatoms. The smallest absolute Gasteiger partial charge is 0.339 e.